The standard InChI is InChI=1S/C25H30N2O2/c1-18(2)17-23(26-24(28)22-12-8-7-9-19(22)3)25(29)27-15-13-21(14-16-27)20-10-5-4-6-11-20/h4-13,18,23H,14-17H2,1-3H3,(H,26,28). The second-order valence-electron chi connectivity index (χ2n) is 8.10. The monoisotopic (exact) mass is 390 g/mol. The van der Waals surface area contributed by atoms with Crippen LogP contribution in [-0.2, 0) is 4.79 Å². The van der Waals surface area contributed by atoms with Gasteiger partial charge in [0.15, 0.2) is 0 Å². The fourth-order valence-electron chi connectivity index (χ4n) is 3.76. The number of rotatable bonds is 6. The third-order valence-electron chi connectivity index (χ3n) is 5.37. The average molecular weight is 391 g/mol. The Morgan fingerprint density at radius 2 is 1.72 bits per heavy atom. The fraction of sp³-hybridized carbons (Fsp3) is 0.360. The molecule has 0 saturated carbocycles. The van der Waals surface area contributed by atoms with E-state index in [0.29, 0.717) is 31.0 Å². The van der Waals surface area contributed by atoms with Gasteiger partial charge in [-0.05, 0) is 48.4 Å². The number of benzene rings is 2. The highest BCUT2D eigenvalue weighted by Crippen LogP contribution is 2.23. The molecule has 0 aromatic heterocycles. The molecule has 1 heterocycles. The zero-order valence-corrected chi connectivity index (χ0v) is 17.5. The third-order valence-corrected chi connectivity index (χ3v) is 5.37. The van der Waals surface area contributed by atoms with E-state index in [-0.39, 0.29) is 11.8 Å². The normalized spacial score (nSPS) is 15.0. The average Bonchev–Trinajstić information content (AvgIpc) is 2.73. The Kier molecular flexibility index (Phi) is 6.86. The summed E-state index contributed by atoms with van der Waals surface area (Å²) in [6.45, 7) is 7.31. The Morgan fingerprint density at radius 1 is 1.03 bits per heavy atom. The van der Waals surface area contributed by atoms with E-state index in [2.05, 4.69) is 37.4 Å². The number of hydrogen-bond acceptors (Lipinski definition) is 2. The Hall–Kier alpha value is -2.88. The second kappa shape index (κ2) is 9.55. The third kappa shape index (κ3) is 5.35. The highest BCUT2D eigenvalue weighted by molar-refractivity contribution is 5.98. The van der Waals surface area contributed by atoms with Gasteiger partial charge in [0.2, 0.25) is 5.91 Å². The summed E-state index contributed by atoms with van der Waals surface area (Å²) in [6.07, 6.45) is 3.59. The van der Waals surface area contributed by atoms with Gasteiger partial charge in [-0.25, -0.2) is 0 Å². The number of nitrogens with zero attached hydrogens (tertiary/aromatic N) is 1. The Balaban J connectivity index is 1.70. The molecule has 2 amide bonds. The van der Waals surface area contributed by atoms with Gasteiger partial charge >= 0.3 is 0 Å². The lowest BCUT2D eigenvalue weighted by molar-refractivity contribution is -0.133. The molecule has 29 heavy (non-hydrogen) atoms. The van der Waals surface area contributed by atoms with Crippen LogP contribution in [0.4, 0.5) is 0 Å². The molecule has 2 aromatic carbocycles. The van der Waals surface area contributed by atoms with E-state index in [9.17, 15) is 9.59 Å². The smallest absolute Gasteiger partial charge is 0.252 e. The Morgan fingerprint density at radius 3 is 2.34 bits per heavy atom. The van der Waals surface area contributed by atoms with Crippen LogP contribution in [0.5, 0.6) is 0 Å². The van der Waals surface area contributed by atoms with Gasteiger partial charge in [0.05, 0.1) is 0 Å². The first-order valence-corrected chi connectivity index (χ1v) is 10.4. The molecule has 2 aromatic rings. The van der Waals surface area contributed by atoms with Crippen LogP contribution in [-0.4, -0.2) is 35.8 Å². The van der Waals surface area contributed by atoms with Crippen LogP contribution in [0.15, 0.2) is 60.7 Å². The van der Waals surface area contributed by atoms with Crippen LogP contribution in [0.25, 0.3) is 5.57 Å². The summed E-state index contributed by atoms with van der Waals surface area (Å²) in [6, 6.07) is 17.3. The van der Waals surface area contributed by atoms with E-state index >= 15 is 0 Å². The van der Waals surface area contributed by atoms with Crippen molar-refractivity contribution in [3.63, 3.8) is 0 Å². The Bertz CT molecular complexity index is 887. The van der Waals surface area contributed by atoms with Gasteiger partial charge in [0.25, 0.3) is 5.91 Å². The maximum atomic E-state index is 13.2. The van der Waals surface area contributed by atoms with Gasteiger partial charge in [0, 0.05) is 18.7 Å². The number of aryl methyl sites for hydroxylation is 1. The lowest BCUT2D eigenvalue weighted by Gasteiger charge is -2.31. The molecule has 1 atom stereocenters. The molecule has 0 saturated heterocycles. The topological polar surface area (TPSA) is 49.4 Å². The van der Waals surface area contributed by atoms with Crippen molar-refractivity contribution in [2.45, 2.75) is 39.7 Å². The summed E-state index contributed by atoms with van der Waals surface area (Å²) in [5.41, 5.74) is 4.03. The van der Waals surface area contributed by atoms with E-state index in [4.69, 9.17) is 0 Å². The van der Waals surface area contributed by atoms with Crippen LogP contribution in [0.3, 0.4) is 0 Å². The van der Waals surface area contributed by atoms with Gasteiger partial charge in [-0.2, -0.15) is 0 Å². The number of amides is 2. The summed E-state index contributed by atoms with van der Waals surface area (Å²) < 4.78 is 0. The predicted molar refractivity (Wildman–Crippen MR) is 118 cm³/mol. The van der Waals surface area contributed by atoms with E-state index in [1.807, 2.05) is 48.2 Å². The molecular weight excluding hydrogens is 360 g/mol. The largest absolute Gasteiger partial charge is 0.340 e. The molecule has 1 N–H and O–H groups in total. The minimum atomic E-state index is -0.506. The van der Waals surface area contributed by atoms with Crippen molar-refractivity contribution in [1.29, 1.82) is 0 Å². The van der Waals surface area contributed by atoms with Crippen molar-refractivity contribution < 1.29 is 9.59 Å². The molecular formula is C25H30N2O2. The van der Waals surface area contributed by atoms with Crippen LogP contribution < -0.4 is 5.32 Å². The summed E-state index contributed by atoms with van der Waals surface area (Å²) in [5, 5.41) is 2.99. The zero-order chi connectivity index (χ0) is 20.8. The SMILES string of the molecule is Cc1ccccc1C(=O)NC(CC(C)C)C(=O)N1CC=C(c2ccccc2)CC1. The number of nitrogens with one attached hydrogen (secondary N) is 1. The van der Waals surface area contributed by atoms with Crippen LogP contribution in [0, 0.1) is 12.8 Å². The lowest BCUT2D eigenvalue weighted by atomic mass is 9.97. The Labute approximate surface area is 173 Å². The summed E-state index contributed by atoms with van der Waals surface area (Å²) in [4.78, 5) is 27.9. The number of carbonyl (C=O) groups excluding carboxylic acids is 2. The minimum absolute atomic E-state index is 0.00370. The molecule has 1 aliphatic heterocycles. The summed E-state index contributed by atoms with van der Waals surface area (Å²) in [7, 11) is 0. The molecule has 4 heteroatoms. The fourth-order valence-corrected chi connectivity index (χ4v) is 3.76. The molecule has 0 spiro atoms. The first-order valence-electron chi connectivity index (χ1n) is 10.4. The number of carbonyl (C=O) groups is 2. The van der Waals surface area contributed by atoms with E-state index in [0.717, 1.165) is 12.0 Å². The van der Waals surface area contributed by atoms with Gasteiger partial charge in [-0.1, -0.05) is 68.5 Å². The zero-order valence-electron chi connectivity index (χ0n) is 17.5. The molecule has 0 radical (unpaired) electrons. The molecule has 3 rings (SSSR count). The van der Waals surface area contributed by atoms with Crippen molar-refractivity contribution >= 4 is 17.4 Å². The summed E-state index contributed by atoms with van der Waals surface area (Å²) >= 11 is 0. The predicted octanol–water partition coefficient (Wildman–Crippen LogP) is 4.46. The molecule has 1 unspecified atom stereocenters. The van der Waals surface area contributed by atoms with E-state index in [1.54, 1.807) is 6.07 Å². The van der Waals surface area contributed by atoms with Crippen molar-refractivity contribution in [2.24, 2.45) is 5.92 Å². The molecule has 0 fully saturated rings. The molecule has 0 bridgehead atoms. The van der Waals surface area contributed by atoms with Crippen LogP contribution in [0.2, 0.25) is 0 Å². The van der Waals surface area contributed by atoms with E-state index in [1.165, 1.54) is 11.1 Å². The maximum absolute atomic E-state index is 13.2. The molecule has 0 aliphatic carbocycles. The van der Waals surface area contributed by atoms with Crippen molar-refractivity contribution in [1.82, 2.24) is 10.2 Å². The van der Waals surface area contributed by atoms with Crippen molar-refractivity contribution in [2.75, 3.05) is 13.1 Å². The van der Waals surface area contributed by atoms with Gasteiger partial charge in [0.1, 0.15) is 6.04 Å². The molecule has 152 valence electrons. The number of hydrogen-bond donors (Lipinski definition) is 1. The first kappa shape index (κ1) is 20.8. The lowest BCUT2D eigenvalue weighted by Crippen LogP contribution is -2.50. The van der Waals surface area contributed by atoms with Gasteiger partial charge in [-0.15, -0.1) is 0 Å². The van der Waals surface area contributed by atoms with Crippen molar-refractivity contribution in [3.05, 3.63) is 77.4 Å². The van der Waals surface area contributed by atoms with Crippen LogP contribution in [0.1, 0.15) is 48.2 Å². The summed E-state index contributed by atoms with van der Waals surface area (Å²) in [5.74, 6) is 0.130. The second-order valence-corrected chi connectivity index (χ2v) is 8.10. The molecule has 4 nitrogen and oxygen atoms in total. The van der Waals surface area contributed by atoms with Gasteiger partial charge in [-0.3, -0.25) is 9.59 Å². The first-order chi connectivity index (χ1) is 14.0. The molecule has 1 aliphatic rings. The van der Waals surface area contributed by atoms with Gasteiger partial charge < -0.3 is 10.2 Å². The van der Waals surface area contributed by atoms with E-state index < -0.39 is 6.04 Å². The quantitative estimate of drug-likeness (QED) is 0.792. The van der Waals surface area contributed by atoms with Crippen molar-refractivity contribution in [3.8, 4) is 0 Å². The maximum Gasteiger partial charge on any atom is 0.252 e. The highest BCUT2D eigenvalue weighted by Gasteiger charge is 2.28. The van der Waals surface area contributed by atoms with Crippen LogP contribution >= 0.6 is 0 Å². The highest BCUT2D eigenvalue weighted by atomic mass is 16.2. The minimum Gasteiger partial charge on any atom is -0.340 e.